The van der Waals surface area contributed by atoms with Crippen molar-refractivity contribution >= 4 is 11.9 Å². The fraction of sp³-hybridized carbons (Fsp3) is 0.912. The smallest absolute Gasteiger partial charge is 0.313 e. The number of rotatable bonds is 22. The van der Waals surface area contributed by atoms with Gasteiger partial charge >= 0.3 is 11.9 Å². The van der Waals surface area contributed by atoms with Gasteiger partial charge in [-0.25, -0.2) is 0 Å². The van der Waals surface area contributed by atoms with E-state index in [-0.39, 0.29) is 29.1 Å². The quantitative estimate of drug-likeness (QED) is 0.0382. The van der Waals surface area contributed by atoms with Gasteiger partial charge < -0.3 is 147 Å². The highest BCUT2D eigenvalue weighted by molar-refractivity contribution is 5.83. The van der Waals surface area contributed by atoms with E-state index in [4.69, 9.17) is 75.8 Å². The van der Waals surface area contributed by atoms with Gasteiger partial charge in [0.05, 0.1) is 50.7 Å². The average molecular weight is 1440 g/mol. The number of hydrogen-bond acceptors (Lipinski definition) is 32. The molecular weight excluding hydrogens is 1330 g/mol. The lowest BCUT2D eigenvalue weighted by Crippen LogP contribution is -2.67. The molecule has 572 valence electrons. The van der Waals surface area contributed by atoms with Crippen molar-refractivity contribution in [3.63, 3.8) is 0 Å². The molecule has 0 radical (unpaired) electrons. The molecule has 7 saturated heterocycles. The minimum absolute atomic E-state index is 0.0233. The maximum atomic E-state index is 14.8. The minimum Gasteiger partial charge on any atom is -0.462 e. The number of esters is 2. The maximum absolute atomic E-state index is 14.8. The number of allylic oxidation sites excluding steroid dienone is 2. The highest BCUT2D eigenvalue weighted by Gasteiger charge is 2.77. The first-order valence-electron chi connectivity index (χ1n) is 35.1. The van der Waals surface area contributed by atoms with Gasteiger partial charge in [0.2, 0.25) is 0 Å². The van der Waals surface area contributed by atoms with Gasteiger partial charge in [0.1, 0.15) is 140 Å². The normalized spacial score (nSPS) is 51.2. The van der Waals surface area contributed by atoms with Crippen molar-refractivity contribution in [1.29, 1.82) is 0 Å². The lowest BCUT2D eigenvalue weighted by atomic mass is 9.41. The third-order valence-corrected chi connectivity index (χ3v) is 24.6. The van der Waals surface area contributed by atoms with Crippen LogP contribution in [0.15, 0.2) is 23.8 Å². The summed E-state index contributed by atoms with van der Waals surface area (Å²) < 4.78 is 96.1. The highest BCUT2D eigenvalue weighted by atomic mass is 16.8. The van der Waals surface area contributed by atoms with Crippen LogP contribution in [0, 0.1) is 39.4 Å². The van der Waals surface area contributed by atoms with Crippen LogP contribution in [0.4, 0.5) is 0 Å². The summed E-state index contributed by atoms with van der Waals surface area (Å²) in [6, 6.07) is 0. The van der Waals surface area contributed by atoms with E-state index in [9.17, 15) is 81.1 Å². The number of carbonyl (C=O) groups excluding carboxylic acids is 2. The van der Waals surface area contributed by atoms with Crippen molar-refractivity contribution in [2.75, 3.05) is 47.3 Å². The molecular formula is C68H108O32. The Hall–Kier alpha value is -2.70. The van der Waals surface area contributed by atoms with E-state index in [2.05, 4.69) is 40.3 Å². The van der Waals surface area contributed by atoms with Crippen LogP contribution >= 0.6 is 0 Å². The number of aliphatic hydroxyl groups is 14. The molecule has 0 unspecified atom stereocenters. The van der Waals surface area contributed by atoms with Crippen molar-refractivity contribution in [1.82, 2.24) is 0 Å². The topological polar surface area (TPSA) is 465 Å². The van der Waals surface area contributed by atoms with Crippen molar-refractivity contribution in [3.8, 4) is 0 Å². The molecule has 0 bridgehead atoms. The molecule has 11 rings (SSSR count). The molecule has 32 nitrogen and oxygen atoms in total. The lowest BCUT2D eigenvalue weighted by molar-refractivity contribution is -0.394. The van der Waals surface area contributed by atoms with Crippen molar-refractivity contribution in [2.24, 2.45) is 39.4 Å². The molecule has 3 saturated carbocycles. The van der Waals surface area contributed by atoms with E-state index >= 15 is 0 Å². The number of ether oxygens (including phenoxy) is 16. The summed E-state index contributed by atoms with van der Waals surface area (Å²) in [4.78, 5) is 27.1. The summed E-state index contributed by atoms with van der Waals surface area (Å²) in [5.41, 5.74) is -1.06. The first-order valence-corrected chi connectivity index (χ1v) is 35.1. The third kappa shape index (κ3) is 13.9. The largest absolute Gasteiger partial charge is 0.462 e. The van der Waals surface area contributed by atoms with Crippen molar-refractivity contribution < 1.29 is 157 Å². The van der Waals surface area contributed by atoms with E-state index in [1.165, 1.54) is 33.6 Å². The summed E-state index contributed by atoms with van der Waals surface area (Å²) in [7, 11) is 2.39. The molecule has 7 aliphatic heterocycles. The Labute approximate surface area is 580 Å². The Morgan fingerprint density at radius 2 is 1.10 bits per heavy atom. The first-order chi connectivity index (χ1) is 47.2. The van der Waals surface area contributed by atoms with Gasteiger partial charge in [-0.1, -0.05) is 44.9 Å². The Balaban J connectivity index is 0.828. The molecule has 100 heavy (non-hydrogen) atoms. The number of cyclic esters (lactones) is 1. The van der Waals surface area contributed by atoms with Gasteiger partial charge in [-0.15, -0.1) is 6.58 Å². The summed E-state index contributed by atoms with van der Waals surface area (Å²) >= 11 is 0. The molecule has 0 aromatic carbocycles. The molecule has 1 spiro atoms. The highest BCUT2D eigenvalue weighted by Crippen LogP contribution is 2.76. The Bertz CT molecular complexity index is 2840. The molecule has 14 N–H and O–H groups in total. The summed E-state index contributed by atoms with van der Waals surface area (Å²) in [5, 5.41) is 156. The van der Waals surface area contributed by atoms with Gasteiger partial charge in [-0.3, -0.25) is 9.59 Å². The number of hydrogen-bond donors (Lipinski definition) is 14. The second kappa shape index (κ2) is 30.5. The number of fused-ring (bicyclic) bond motifs is 4. The van der Waals surface area contributed by atoms with E-state index < -0.39 is 245 Å². The van der Waals surface area contributed by atoms with Gasteiger partial charge in [0, 0.05) is 45.3 Å². The second-order valence-electron chi connectivity index (χ2n) is 31.0. The van der Waals surface area contributed by atoms with E-state index in [1.54, 1.807) is 0 Å². The van der Waals surface area contributed by atoms with Crippen LogP contribution in [0.2, 0.25) is 0 Å². The first kappa shape index (κ1) is 78.4. The minimum atomic E-state index is -2.03. The predicted octanol–water partition coefficient (Wildman–Crippen LogP) is -2.90. The maximum Gasteiger partial charge on any atom is 0.313 e. The van der Waals surface area contributed by atoms with Crippen molar-refractivity contribution in [2.45, 2.75) is 303 Å². The Kier molecular flexibility index (Phi) is 23.9. The summed E-state index contributed by atoms with van der Waals surface area (Å²) in [6.45, 7) is 16.2. The number of carbonyl (C=O) groups is 2. The van der Waals surface area contributed by atoms with Gasteiger partial charge in [0.25, 0.3) is 0 Å². The molecule has 0 amide bonds. The van der Waals surface area contributed by atoms with Crippen LogP contribution in [-0.4, -0.2) is 321 Å². The number of methoxy groups -OCH3 is 2. The predicted molar refractivity (Wildman–Crippen MR) is 335 cm³/mol. The van der Waals surface area contributed by atoms with E-state index in [1.807, 2.05) is 13.8 Å². The zero-order chi connectivity index (χ0) is 72.8. The fourth-order valence-electron chi connectivity index (χ4n) is 19.4. The van der Waals surface area contributed by atoms with E-state index in [0.29, 0.717) is 38.5 Å². The average Bonchev–Trinajstić information content (AvgIpc) is 1.46. The molecule has 0 aromatic heterocycles. The molecule has 0 aromatic rings. The van der Waals surface area contributed by atoms with Gasteiger partial charge in [-0.2, -0.15) is 0 Å². The zero-order valence-electron chi connectivity index (χ0n) is 58.3. The third-order valence-electron chi connectivity index (χ3n) is 24.6. The Morgan fingerprint density at radius 1 is 0.570 bits per heavy atom. The molecule has 32 heteroatoms. The second-order valence-corrected chi connectivity index (χ2v) is 31.0. The molecule has 11 aliphatic rings. The zero-order valence-corrected chi connectivity index (χ0v) is 58.3. The van der Waals surface area contributed by atoms with Gasteiger partial charge in [-0.05, 0) is 88.4 Å². The van der Waals surface area contributed by atoms with Crippen LogP contribution in [0.3, 0.4) is 0 Å². The lowest BCUT2D eigenvalue weighted by Gasteiger charge is -2.64. The summed E-state index contributed by atoms with van der Waals surface area (Å²) in [6.07, 6.45) is -39.5. The SMILES string of the molecule is C=C(C)C[C@@H](C[C@]1(C)OC(=O)[C@]23CC[C@@H]4C(=CC[C@H]5C(C)(C)[C@@H](O[C@@H]6OC[C@@H](O[C@@H]7O[C@H](CO)[C@@H](O)[C@H](O[C@@H]8O[C@H](CO)[C@@H](O)[C@H](OC)[C@H]8O)[C@H]7O)[C@H](O)[C@H]6O[C@@H]6O[C@H](C)[C@@H](O[C@@H]7OC[C@@H](O)[C@H](O[C@@H]8O[C@H](CO)[C@@H](O)[C@H](OC)[C@H]8O)[C@H]7O)[C@H](O)[C@H]6O)CC[C@]45C)[C@]2(C)CC[C@@H]31)OC(C)=O. The molecule has 4 aliphatic carbocycles. The summed E-state index contributed by atoms with van der Waals surface area (Å²) in [5.74, 6) is -0.702. The van der Waals surface area contributed by atoms with Crippen LogP contribution in [0.25, 0.3) is 0 Å². The number of aliphatic hydroxyl groups excluding tert-OH is 14. The monoisotopic (exact) mass is 1440 g/mol. The molecule has 7 heterocycles. The van der Waals surface area contributed by atoms with Crippen LogP contribution in [0.5, 0.6) is 0 Å². The van der Waals surface area contributed by atoms with Crippen LogP contribution in [-0.2, 0) is 85.4 Å². The molecule has 10 fully saturated rings. The molecule has 37 atom stereocenters. The van der Waals surface area contributed by atoms with Gasteiger partial charge in [0.15, 0.2) is 37.7 Å². The van der Waals surface area contributed by atoms with E-state index in [0.717, 1.165) is 24.8 Å². The standard InChI is InChI=1S/C68H108O32/c1-27(2)20-30(90-29(4)72)21-67(9)39-15-18-66(8)32-12-13-38-64(5,6)40(16-17-65(38,7)31(32)14-19-68(39,66)63(84)100-67)95-62-56(44(77)37(26-88-62)94-59-50(83)55(43(76)36(24-71)91-59)98-61-49(82)54(86-11)42(75)35(23-70)93-61)99-58-46(79)45(78)51(28(3)89-58)96-57-47(80)52(33(73)25-87-57)97-60-48(81)53(85-10)41(74)34(22-69)92-60/h12,28,30-31,33-62,69-71,73-83H,1,13-26H2,2-11H3/t28-,30+,31-,33-,34-,35-,36-,37-,38+,39-,40+,41-,42-,43-,44+,45-,46-,47-,48-,49-,50-,51-,52+,53+,54+,55+,56-,57+,58+,59+,60+,61+,62+,65-,66+,67+,68-/m1/s1. The van der Waals surface area contributed by atoms with Crippen LogP contribution in [0.1, 0.15) is 113 Å². The van der Waals surface area contributed by atoms with Crippen LogP contribution < -0.4 is 0 Å². The van der Waals surface area contributed by atoms with Crippen molar-refractivity contribution in [3.05, 3.63) is 23.8 Å². The Morgan fingerprint density at radius 3 is 1.68 bits per heavy atom. The fourth-order valence-corrected chi connectivity index (χ4v) is 19.4.